The highest BCUT2D eigenvalue weighted by molar-refractivity contribution is 5.99. The molecule has 0 saturated carbocycles. The van der Waals surface area contributed by atoms with E-state index in [-0.39, 0.29) is 5.69 Å². The summed E-state index contributed by atoms with van der Waals surface area (Å²) in [5.41, 5.74) is -4.71. The van der Waals surface area contributed by atoms with Gasteiger partial charge >= 0.3 is 6.18 Å². The lowest BCUT2D eigenvalue weighted by Crippen LogP contribution is -2.45. The molecule has 1 unspecified atom stereocenters. The summed E-state index contributed by atoms with van der Waals surface area (Å²) in [6.45, 7) is -0.623. The number of anilines is 1. The summed E-state index contributed by atoms with van der Waals surface area (Å²) >= 11 is 0. The Kier molecular flexibility index (Phi) is 5.00. The molecule has 6 nitrogen and oxygen atoms in total. The van der Waals surface area contributed by atoms with E-state index >= 15 is 0 Å². The number of terminal acetylenes is 1. The van der Waals surface area contributed by atoms with E-state index in [1.165, 1.54) is 6.07 Å². The minimum absolute atomic E-state index is 0.332. The normalized spacial score (nSPS) is 13.3. The zero-order chi connectivity index (χ0) is 19.5. The first-order valence-corrected chi connectivity index (χ1v) is 6.90. The van der Waals surface area contributed by atoms with Gasteiger partial charge in [0.25, 0.3) is 5.91 Å². The summed E-state index contributed by atoms with van der Waals surface area (Å²) in [6.07, 6.45) is 2.02. The van der Waals surface area contributed by atoms with Gasteiger partial charge in [-0.3, -0.25) is 9.48 Å². The number of hydrogen-bond donors (Lipinski definition) is 2. The molecule has 2 aromatic rings. The van der Waals surface area contributed by atoms with E-state index in [2.05, 4.69) is 5.10 Å². The number of rotatable bonds is 4. The van der Waals surface area contributed by atoms with Crippen LogP contribution >= 0.6 is 0 Å². The Balaban J connectivity index is 2.28. The van der Waals surface area contributed by atoms with E-state index in [1.807, 2.05) is 11.2 Å². The van der Waals surface area contributed by atoms with Gasteiger partial charge in [0, 0.05) is 5.69 Å². The number of nitriles is 1. The zero-order valence-corrected chi connectivity index (χ0v) is 12.9. The molecule has 2 rings (SSSR count). The van der Waals surface area contributed by atoms with Gasteiger partial charge in [0.2, 0.25) is 5.60 Å². The standard InChI is InChI=1S/C16H10F4N4O2/c1-2-15(26,9-24-8-11(17)7-22-24)14(25)23-12-4-3-10(6-21)13(5-12)16(18,19)20/h1,3-5,7-8,26H,9H2,(H,23,25). The molecular formula is C16H10F4N4O2. The van der Waals surface area contributed by atoms with Gasteiger partial charge in [0.05, 0.1) is 36.1 Å². The van der Waals surface area contributed by atoms with Crippen molar-refractivity contribution in [2.24, 2.45) is 0 Å². The van der Waals surface area contributed by atoms with Crippen LogP contribution in [0.15, 0.2) is 30.6 Å². The van der Waals surface area contributed by atoms with Gasteiger partial charge in [0.15, 0.2) is 5.82 Å². The molecule has 0 bridgehead atoms. The predicted octanol–water partition coefficient (Wildman–Crippen LogP) is 1.92. The highest BCUT2D eigenvalue weighted by Gasteiger charge is 2.37. The summed E-state index contributed by atoms with van der Waals surface area (Å²) in [5, 5.41) is 24.6. The van der Waals surface area contributed by atoms with E-state index in [0.717, 1.165) is 29.2 Å². The Morgan fingerprint density at radius 1 is 1.42 bits per heavy atom. The fraction of sp³-hybridized carbons (Fsp3) is 0.188. The van der Waals surface area contributed by atoms with Gasteiger partial charge in [0.1, 0.15) is 0 Å². The summed E-state index contributed by atoms with van der Waals surface area (Å²) in [6, 6.07) is 3.86. The average molecular weight is 366 g/mol. The molecule has 1 aromatic carbocycles. The molecule has 0 aliphatic carbocycles. The van der Waals surface area contributed by atoms with Crippen molar-refractivity contribution in [2.75, 3.05) is 5.32 Å². The third-order valence-electron chi connectivity index (χ3n) is 3.31. The lowest BCUT2D eigenvalue weighted by molar-refractivity contribution is -0.137. The van der Waals surface area contributed by atoms with Crippen molar-refractivity contribution in [3.05, 3.63) is 47.5 Å². The van der Waals surface area contributed by atoms with Gasteiger partial charge in [-0.25, -0.2) is 4.39 Å². The van der Waals surface area contributed by atoms with Gasteiger partial charge in [-0.05, 0) is 18.2 Å². The van der Waals surface area contributed by atoms with Crippen LogP contribution in [-0.4, -0.2) is 26.4 Å². The number of amides is 1. The Labute approximate surface area is 144 Å². The second kappa shape index (κ2) is 6.86. The van der Waals surface area contributed by atoms with Gasteiger partial charge in [-0.15, -0.1) is 6.42 Å². The average Bonchev–Trinajstić information content (AvgIpc) is 2.98. The maximum Gasteiger partial charge on any atom is 0.417 e. The van der Waals surface area contributed by atoms with E-state index in [0.29, 0.717) is 6.07 Å². The molecule has 134 valence electrons. The topological polar surface area (TPSA) is 90.9 Å². The molecule has 2 N–H and O–H groups in total. The molecule has 1 amide bonds. The highest BCUT2D eigenvalue weighted by atomic mass is 19.4. The third kappa shape index (κ3) is 3.99. The van der Waals surface area contributed by atoms with Crippen molar-refractivity contribution in [1.82, 2.24) is 9.78 Å². The molecule has 1 aromatic heterocycles. The Bertz CT molecular complexity index is 924. The molecule has 26 heavy (non-hydrogen) atoms. The van der Waals surface area contributed by atoms with Crippen molar-refractivity contribution >= 4 is 11.6 Å². The molecular weight excluding hydrogens is 356 g/mol. The van der Waals surface area contributed by atoms with Crippen LogP contribution in [0.1, 0.15) is 11.1 Å². The van der Waals surface area contributed by atoms with Gasteiger partial charge < -0.3 is 10.4 Å². The molecule has 0 saturated heterocycles. The minimum Gasteiger partial charge on any atom is -0.368 e. The van der Waals surface area contributed by atoms with Crippen LogP contribution in [0.5, 0.6) is 0 Å². The van der Waals surface area contributed by atoms with Gasteiger partial charge in [-0.2, -0.15) is 23.5 Å². The summed E-state index contributed by atoms with van der Waals surface area (Å²) in [7, 11) is 0. The summed E-state index contributed by atoms with van der Waals surface area (Å²) in [5.74, 6) is -0.135. The van der Waals surface area contributed by atoms with Crippen LogP contribution < -0.4 is 5.32 Å². The summed E-state index contributed by atoms with van der Waals surface area (Å²) in [4.78, 5) is 12.2. The third-order valence-corrected chi connectivity index (χ3v) is 3.31. The molecule has 1 atom stereocenters. The maximum atomic E-state index is 13.0. The predicted molar refractivity (Wildman–Crippen MR) is 80.8 cm³/mol. The van der Waals surface area contributed by atoms with Crippen molar-refractivity contribution in [3.63, 3.8) is 0 Å². The number of nitrogens with one attached hydrogen (secondary N) is 1. The SMILES string of the molecule is C#CC(O)(Cn1cc(F)cn1)C(=O)Nc1ccc(C#N)c(C(F)(F)F)c1. The van der Waals surface area contributed by atoms with E-state index < -0.39 is 41.2 Å². The number of nitrogens with zero attached hydrogens (tertiary/aromatic N) is 3. The van der Waals surface area contributed by atoms with Crippen LogP contribution in [-0.2, 0) is 17.5 Å². The first kappa shape index (κ1) is 19.0. The molecule has 10 heteroatoms. The number of aliphatic hydroxyl groups is 1. The monoisotopic (exact) mass is 366 g/mol. The van der Waals surface area contributed by atoms with Crippen LogP contribution in [0.4, 0.5) is 23.2 Å². The quantitative estimate of drug-likeness (QED) is 0.639. The minimum atomic E-state index is -4.82. The van der Waals surface area contributed by atoms with Crippen LogP contribution in [0.25, 0.3) is 0 Å². The molecule has 0 aliphatic rings. The highest BCUT2D eigenvalue weighted by Crippen LogP contribution is 2.33. The van der Waals surface area contributed by atoms with E-state index in [4.69, 9.17) is 11.7 Å². The fourth-order valence-electron chi connectivity index (χ4n) is 2.03. The van der Waals surface area contributed by atoms with E-state index in [1.54, 1.807) is 0 Å². The molecule has 0 radical (unpaired) electrons. The first-order chi connectivity index (χ1) is 12.1. The zero-order valence-electron chi connectivity index (χ0n) is 12.9. The first-order valence-electron chi connectivity index (χ1n) is 6.90. The second-order valence-corrected chi connectivity index (χ2v) is 5.18. The Morgan fingerprint density at radius 3 is 2.62 bits per heavy atom. The van der Waals surface area contributed by atoms with Crippen molar-refractivity contribution in [3.8, 4) is 18.4 Å². The largest absolute Gasteiger partial charge is 0.417 e. The number of hydrogen-bond acceptors (Lipinski definition) is 4. The lowest BCUT2D eigenvalue weighted by Gasteiger charge is -2.21. The number of halogens is 4. The fourth-order valence-corrected chi connectivity index (χ4v) is 2.03. The van der Waals surface area contributed by atoms with Crippen LogP contribution in [0.2, 0.25) is 0 Å². The number of alkyl halides is 3. The van der Waals surface area contributed by atoms with E-state index in [9.17, 15) is 27.5 Å². The van der Waals surface area contributed by atoms with Gasteiger partial charge in [-0.1, -0.05) is 5.92 Å². The van der Waals surface area contributed by atoms with Crippen LogP contribution in [0.3, 0.4) is 0 Å². The van der Waals surface area contributed by atoms with Crippen LogP contribution in [0, 0.1) is 29.5 Å². The second-order valence-electron chi connectivity index (χ2n) is 5.18. The molecule has 0 aliphatic heterocycles. The van der Waals surface area contributed by atoms with Crippen molar-refractivity contribution in [1.29, 1.82) is 5.26 Å². The number of benzene rings is 1. The number of carbonyl (C=O) groups excluding carboxylic acids is 1. The van der Waals surface area contributed by atoms with Crippen molar-refractivity contribution < 1.29 is 27.5 Å². The molecule has 1 heterocycles. The Hall–Kier alpha value is -3.37. The lowest BCUT2D eigenvalue weighted by atomic mass is 10.0. The number of carbonyl (C=O) groups is 1. The van der Waals surface area contributed by atoms with Crippen molar-refractivity contribution in [2.45, 2.75) is 18.3 Å². The molecule has 0 fully saturated rings. The maximum absolute atomic E-state index is 13.0. The smallest absolute Gasteiger partial charge is 0.368 e. The summed E-state index contributed by atoms with van der Waals surface area (Å²) < 4.78 is 52.7. The molecule has 0 spiro atoms. The Morgan fingerprint density at radius 2 is 2.12 bits per heavy atom. The number of aromatic nitrogens is 2.